The quantitative estimate of drug-likeness (QED) is 0.215. The Morgan fingerprint density at radius 1 is 1.28 bits per heavy atom. The lowest BCUT2D eigenvalue weighted by molar-refractivity contribution is -0.163. The molecule has 3 rings (SSSR count). The van der Waals surface area contributed by atoms with Crippen molar-refractivity contribution in [3.8, 4) is 0 Å². The molecular formula is C14H18N6O9. The molecule has 1 aliphatic heterocycles. The number of aromatic amines is 1. The lowest BCUT2D eigenvalue weighted by atomic mass is 10.1. The van der Waals surface area contributed by atoms with Crippen molar-refractivity contribution in [2.45, 2.75) is 30.8 Å². The highest BCUT2D eigenvalue weighted by Gasteiger charge is 2.49. The molecule has 15 heteroatoms. The van der Waals surface area contributed by atoms with Gasteiger partial charge in [0.25, 0.3) is 5.56 Å². The Morgan fingerprint density at radius 3 is 2.48 bits per heavy atom. The molecule has 0 radical (unpaired) electrons. The van der Waals surface area contributed by atoms with Gasteiger partial charge in [0.2, 0.25) is 5.95 Å². The summed E-state index contributed by atoms with van der Waals surface area (Å²) in [5.74, 6) is -3.08. The number of hydrogen-bond donors (Lipinski definition) is 7. The van der Waals surface area contributed by atoms with E-state index in [-0.39, 0.29) is 17.1 Å². The number of nitrogens with zero attached hydrogens (tertiary/aromatic N) is 4. The van der Waals surface area contributed by atoms with Crippen LogP contribution in [0.5, 0.6) is 0 Å². The van der Waals surface area contributed by atoms with E-state index in [0.29, 0.717) is 4.90 Å². The molecule has 0 aliphatic carbocycles. The van der Waals surface area contributed by atoms with Crippen LogP contribution in [0.15, 0.2) is 11.1 Å². The maximum atomic E-state index is 11.9. The first-order valence-electron chi connectivity index (χ1n) is 8.19. The minimum absolute atomic E-state index is 0.0643. The Kier molecular flexibility index (Phi) is 5.49. The number of aliphatic hydroxyl groups is 3. The zero-order chi connectivity index (χ0) is 21.5. The highest BCUT2D eigenvalue weighted by molar-refractivity contribution is 5.72. The maximum Gasteiger partial charge on any atom is 0.317 e. The van der Waals surface area contributed by atoms with Gasteiger partial charge in [0.1, 0.15) is 24.5 Å². The van der Waals surface area contributed by atoms with E-state index < -0.39 is 61.4 Å². The van der Waals surface area contributed by atoms with Gasteiger partial charge < -0.3 is 36.0 Å². The standard InChI is InChI=1S/C14H18N6O9/c15-14-17-10-6(11(27)18-14)16-3-20(10)13-8(26)7(25)9(29-13)12(28)19(1-4(21)22)2-5(23)24/h3,7-9,12-13,25-26,28H,1-2H2,(H,21,22)(H,23,24)(H3,15,17,18,27)/t7-,8+,9-,12?,13+/m0/s1. The molecule has 2 aromatic rings. The third-order valence-electron chi connectivity index (χ3n) is 4.34. The van der Waals surface area contributed by atoms with Crippen LogP contribution in [0.25, 0.3) is 11.2 Å². The van der Waals surface area contributed by atoms with E-state index in [0.717, 1.165) is 10.9 Å². The maximum absolute atomic E-state index is 11.9. The Morgan fingerprint density at radius 2 is 1.90 bits per heavy atom. The molecule has 0 spiro atoms. The highest BCUT2D eigenvalue weighted by Crippen LogP contribution is 2.33. The fraction of sp³-hybridized carbons (Fsp3) is 0.500. The molecule has 3 heterocycles. The van der Waals surface area contributed by atoms with Crippen LogP contribution >= 0.6 is 0 Å². The van der Waals surface area contributed by atoms with Gasteiger partial charge in [0, 0.05) is 0 Å². The number of nitrogens with two attached hydrogens (primary N) is 1. The molecule has 15 nitrogen and oxygen atoms in total. The summed E-state index contributed by atoms with van der Waals surface area (Å²) in [4.78, 5) is 44.4. The summed E-state index contributed by atoms with van der Waals surface area (Å²) in [6.07, 6.45) is -7.10. The number of carboxylic acids is 2. The Labute approximate surface area is 160 Å². The van der Waals surface area contributed by atoms with Gasteiger partial charge in [-0.3, -0.25) is 28.8 Å². The van der Waals surface area contributed by atoms with Crippen molar-refractivity contribution in [2.24, 2.45) is 0 Å². The van der Waals surface area contributed by atoms with Crippen molar-refractivity contribution in [1.82, 2.24) is 24.4 Å². The first kappa shape index (κ1) is 20.6. The van der Waals surface area contributed by atoms with Gasteiger partial charge in [-0.1, -0.05) is 0 Å². The minimum Gasteiger partial charge on any atom is -0.480 e. The van der Waals surface area contributed by atoms with Gasteiger partial charge in [0.05, 0.1) is 19.4 Å². The summed E-state index contributed by atoms with van der Waals surface area (Å²) in [5, 5.41) is 48.9. The number of aromatic nitrogens is 4. The van der Waals surface area contributed by atoms with Gasteiger partial charge in [-0.2, -0.15) is 4.98 Å². The third-order valence-corrected chi connectivity index (χ3v) is 4.34. The first-order chi connectivity index (χ1) is 13.6. The molecule has 5 atom stereocenters. The number of H-pyrrole nitrogens is 1. The largest absolute Gasteiger partial charge is 0.480 e. The average molecular weight is 414 g/mol. The summed E-state index contributed by atoms with van der Waals surface area (Å²) < 4.78 is 6.59. The van der Waals surface area contributed by atoms with E-state index in [1.807, 2.05) is 0 Å². The number of nitrogen functional groups attached to an aromatic ring is 1. The topological polar surface area (TPSA) is 237 Å². The molecule has 0 amide bonds. The first-order valence-corrected chi connectivity index (χ1v) is 8.19. The van der Waals surface area contributed by atoms with Crippen LogP contribution in [-0.4, -0.2) is 99.5 Å². The van der Waals surface area contributed by atoms with Gasteiger partial charge in [0.15, 0.2) is 17.4 Å². The number of carboxylic acid groups (broad SMARTS) is 2. The SMILES string of the molecule is Nc1nc2c(ncn2[C@@H]2O[C@H](C(O)N(CC(=O)O)CC(=O)O)[C@@H](O)[C@H]2O)c(=O)[nH]1. The number of nitrogens with one attached hydrogen (secondary N) is 1. The fourth-order valence-corrected chi connectivity index (χ4v) is 3.09. The van der Waals surface area contributed by atoms with E-state index >= 15 is 0 Å². The molecule has 29 heavy (non-hydrogen) atoms. The zero-order valence-corrected chi connectivity index (χ0v) is 14.6. The number of anilines is 1. The summed E-state index contributed by atoms with van der Waals surface area (Å²) in [6.45, 7) is -1.72. The Balaban J connectivity index is 1.91. The number of carbonyl (C=O) groups is 2. The van der Waals surface area contributed by atoms with Gasteiger partial charge >= 0.3 is 11.9 Å². The smallest absolute Gasteiger partial charge is 0.317 e. The van der Waals surface area contributed by atoms with Crippen molar-refractivity contribution in [2.75, 3.05) is 18.8 Å². The summed E-state index contributed by atoms with van der Waals surface area (Å²) in [7, 11) is 0. The Hall–Kier alpha value is -3.11. The molecule has 1 aliphatic rings. The molecule has 8 N–H and O–H groups in total. The molecule has 0 aromatic carbocycles. The van der Waals surface area contributed by atoms with Crippen LogP contribution in [0.2, 0.25) is 0 Å². The molecule has 1 saturated heterocycles. The van der Waals surface area contributed by atoms with Gasteiger partial charge in [-0.25, -0.2) is 4.98 Å². The summed E-state index contributed by atoms with van der Waals surface area (Å²) in [6, 6.07) is 0. The van der Waals surface area contributed by atoms with Crippen LogP contribution in [0.1, 0.15) is 6.23 Å². The van der Waals surface area contributed by atoms with Gasteiger partial charge in [-0.05, 0) is 0 Å². The van der Waals surface area contributed by atoms with Crippen molar-refractivity contribution in [3.63, 3.8) is 0 Å². The zero-order valence-electron chi connectivity index (χ0n) is 14.6. The van der Waals surface area contributed by atoms with E-state index in [9.17, 15) is 29.7 Å². The van der Waals surface area contributed by atoms with Crippen molar-refractivity contribution >= 4 is 29.1 Å². The lowest BCUT2D eigenvalue weighted by Gasteiger charge is -2.30. The fourth-order valence-electron chi connectivity index (χ4n) is 3.09. The second kappa shape index (κ2) is 7.72. The number of fused-ring (bicyclic) bond motifs is 1. The lowest BCUT2D eigenvalue weighted by Crippen LogP contribution is -2.52. The Bertz CT molecular complexity index is 974. The number of aliphatic carboxylic acids is 2. The van der Waals surface area contributed by atoms with Crippen molar-refractivity contribution in [3.05, 3.63) is 16.7 Å². The van der Waals surface area contributed by atoms with Crippen LogP contribution in [0.3, 0.4) is 0 Å². The number of ether oxygens (including phenoxy) is 1. The van der Waals surface area contributed by atoms with Crippen molar-refractivity contribution in [1.29, 1.82) is 0 Å². The molecule has 158 valence electrons. The molecule has 2 aromatic heterocycles. The van der Waals surface area contributed by atoms with Gasteiger partial charge in [-0.15, -0.1) is 0 Å². The number of hydrogen-bond acceptors (Lipinski definition) is 11. The highest BCUT2D eigenvalue weighted by atomic mass is 16.6. The van der Waals surface area contributed by atoms with Crippen LogP contribution in [-0.2, 0) is 14.3 Å². The average Bonchev–Trinajstić information content (AvgIpc) is 3.15. The molecule has 1 unspecified atom stereocenters. The van der Waals surface area contributed by atoms with Crippen LogP contribution in [0.4, 0.5) is 5.95 Å². The second-order valence-electron chi connectivity index (χ2n) is 6.35. The van der Waals surface area contributed by atoms with E-state index in [1.54, 1.807) is 0 Å². The predicted molar refractivity (Wildman–Crippen MR) is 91.3 cm³/mol. The summed E-state index contributed by atoms with van der Waals surface area (Å²) in [5.41, 5.74) is 4.67. The third kappa shape index (κ3) is 3.89. The molecule has 0 bridgehead atoms. The predicted octanol–water partition coefficient (Wildman–Crippen LogP) is -3.89. The monoisotopic (exact) mass is 414 g/mol. The number of aliphatic hydroxyl groups excluding tert-OH is 3. The molecule has 1 fully saturated rings. The molecule has 0 saturated carbocycles. The van der Waals surface area contributed by atoms with Crippen molar-refractivity contribution < 1.29 is 39.9 Å². The van der Waals surface area contributed by atoms with E-state index in [1.165, 1.54) is 0 Å². The normalized spacial score (nSPS) is 25.5. The minimum atomic E-state index is -1.88. The number of imidazole rings is 1. The summed E-state index contributed by atoms with van der Waals surface area (Å²) >= 11 is 0. The van der Waals surface area contributed by atoms with E-state index in [4.69, 9.17) is 20.7 Å². The van der Waals surface area contributed by atoms with E-state index in [2.05, 4.69) is 15.0 Å². The van der Waals surface area contributed by atoms with Crippen LogP contribution < -0.4 is 11.3 Å². The van der Waals surface area contributed by atoms with Crippen LogP contribution in [0, 0.1) is 0 Å². The number of rotatable bonds is 7. The molecular weight excluding hydrogens is 396 g/mol. The second-order valence-corrected chi connectivity index (χ2v) is 6.35.